The van der Waals surface area contributed by atoms with E-state index in [0.29, 0.717) is 5.75 Å². The fraction of sp³-hybridized carbons (Fsp3) is 0.267. The third-order valence-corrected chi connectivity index (χ3v) is 2.98. The number of rotatable bonds is 6. The van der Waals surface area contributed by atoms with Crippen LogP contribution in [0, 0.1) is 10.1 Å². The highest BCUT2D eigenvalue weighted by atomic mass is 16.6. The summed E-state index contributed by atoms with van der Waals surface area (Å²) in [6, 6.07) is 10.0. The lowest BCUT2D eigenvalue weighted by molar-refractivity contribution is -0.384. The summed E-state index contributed by atoms with van der Waals surface area (Å²) in [5, 5.41) is 10.8. The Kier molecular flexibility index (Phi) is 4.71. The number of unbranched alkanes of at least 4 members (excludes halogenated alkanes) is 1. The molecule has 0 aliphatic heterocycles. The maximum Gasteiger partial charge on any atom is 0.278 e. The van der Waals surface area contributed by atoms with Gasteiger partial charge in [-0.15, -0.1) is 0 Å². The zero-order valence-electron chi connectivity index (χ0n) is 11.8. The van der Waals surface area contributed by atoms with Gasteiger partial charge < -0.3 is 10.5 Å². The van der Waals surface area contributed by atoms with Gasteiger partial charge in [-0.2, -0.15) is 4.98 Å². The van der Waals surface area contributed by atoms with Gasteiger partial charge in [0.05, 0.1) is 17.1 Å². The molecule has 0 atom stereocenters. The fourth-order valence-electron chi connectivity index (χ4n) is 1.89. The fourth-order valence-corrected chi connectivity index (χ4v) is 1.89. The number of nitrogens with two attached hydrogens (primary N) is 1. The van der Waals surface area contributed by atoms with Gasteiger partial charge in [-0.1, -0.05) is 25.5 Å². The number of aryl methyl sites for hydroxylation is 1. The molecule has 0 bridgehead atoms. The van der Waals surface area contributed by atoms with Crippen molar-refractivity contribution in [2.24, 2.45) is 0 Å². The highest BCUT2D eigenvalue weighted by molar-refractivity contribution is 5.46. The average Bonchev–Trinajstić information content (AvgIpc) is 2.46. The van der Waals surface area contributed by atoms with Crippen LogP contribution in [0.4, 0.5) is 11.5 Å². The van der Waals surface area contributed by atoms with Gasteiger partial charge in [-0.3, -0.25) is 10.1 Å². The Labute approximate surface area is 122 Å². The Balaban J connectivity index is 2.12. The molecular formula is C15H17N3O3. The smallest absolute Gasteiger partial charge is 0.278 e. The van der Waals surface area contributed by atoms with Crippen LogP contribution in [0.15, 0.2) is 36.4 Å². The molecule has 1 aromatic carbocycles. The van der Waals surface area contributed by atoms with Crippen LogP contribution in [-0.2, 0) is 6.42 Å². The number of ether oxygens (including phenoxy) is 1. The Morgan fingerprint density at radius 3 is 2.62 bits per heavy atom. The molecule has 0 saturated carbocycles. The standard InChI is InChI=1S/C15H17N3O3/c1-2-3-4-11-5-7-13(8-6-11)21-15-10-12(18(19)20)9-14(16)17-15/h5-10H,2-4H2,1H3,(H2,16,17). The molecule has 0 amide bonds. The van der Waals surface area contributed by atoms with Crippen molar-refractivity contribution in [3.05, 3.63) is 52.1 Å². The van der Waals surface area contributed by atoms with E-state index in [1.54, 1.807) is 0 Å². The number of nitrogens with zero attached hydrogens (tertiary/aromatic N) is 2. The number of hydrogen-bond donors (Lipinski definition) is 1. The normalized spacial score (nSPS) is 10.3. The van der Waals surface area contributed by atoms with Gasteiger partial charge in [-0.05, 0) is 30.5 Å². The van der Waals surface area contributed by atoms with E-state index in [9.17, 15) is 10.1 Å². The van der Waals surface area contributed by atoms with Crippen molar-refractivity contribution in [1.82, 2.24) is 4.98 Å². The lowest BCUT2D eigenvalue weighted by Gasteiger charge is -2.06. The highest BCUT2D eigenvalue weighted by Crippen LogP contribution is 2.25. The molecule has 2 N–H and O–H groups in total. The van der Waals surface area contributed by atoms with Crippen LogP contribution in [0.3, 0.4) is 0 Å². The molecule has 0 saturated heterocycles. The Morgan fingerprint density at radius 2 is 2.00 bits per heavy atom. The monoisotopic (exact) mass is 287 g/mol. The topological polar surface area (TPSA) is 91.3 Å². The predicted molar refractivity (Wildman–Crippen MR) is 80.4 cm³/mol. The maximum absolute atomic E-state index is 10.8. The van der Waals surface area contributed by atoms with Gasteiger partial charge in [-0.25, -0.2) is 0 Å². The van der Waals surface area contributed by atoms with Crippen LogP contribution >= 0.6 is 0 Å². The van der Waals surface area contributed by atoms with Crippen molar-refractivity contribution in [1.29, 1.82) is 0 Å². The number of nitro groups is 1. The first-order valence-electron chi connectivity index (χ1n) is 6.77. The maximum atomic E-state index is 10.8. The summed E-state index contributed by atoms with van der Waals surface area (Å²) in [6.45, 7) is 2.15. The number of nitrogen functional groups attached to an aromatic ring is 1. The summed E-state index contributed by atoms with van der Waals surface area (Å²) in [5.74, 6) is 0.740. The first-order valence-corrected chi connectivity index (χ1v) is 6.77. The lowest BCUT2D eigenvalue weighted by atomic mass is 10.1. The Bertz CT molecular complexity index is 627. The predicted octanol–water partition coefficient (Wildman–Crippen LogP) is 3.71. The molecule has 0 aliphatic carbocycles. The number of hydrogen-bond acceptors (Lipinski definition) is 5. The molecule has 6 nitrogen and oxygen atoms in total. The number of benzene rings is 1. The van der Waals surface area contributed by atoms with Gasteiger partial charge >= 0.3 is 0 Å². The zero-order valence-corrected chi connectivity index (χ0v) is 11.8. The van der Waals surface area contributed by atoms with E-state index in [1.807, 2.05) is 24.3 Å². The molecular weight excluding hydrogens is 270 g/mol. The van der Waals surface area contributed by atoms with Crippen LogP contribution in [0.25, 0.3) is 0 Å². The van der Waals surface area contributed by atoms with Crippen molar-refractivity contribution in [2.75, 3.05) is 5.73 Å². The van der Waals surface area contributed by atoms with Crippen LogP contribution in [0.2, 0.25) is 0 Å². The largest absolute Gasteiger partial charge is 0.439 e. The molecule has 2 aromatic rings. The van der Waals surface area contributed by atoms with Crippen LogP contribution in [0.5, 0.6) is 11.6 Å². The summed E-state index contributed by atoms with van der Waals surface area (Å²) >= 11 is 0. The molecule has 6 heteroatoms. The minimum absolute atomic E-state index is 0.0544. The first kappa shape index (κ1) is 14.8. The number of pyridine rings is 1. The summed E-state index contributed by atoms with van der Waals surface area (Å²) in [7, 11) is 0. The minimum Gasteiger partial charge on any atom is -0.439 e. The van der Waals surface area contributed by atoms with Crippen LogP contribution in [0.1, 0.15) is 25.3 Å². The average molecular weight is 287 g/mol. The molecule has 110 valence electrons. The summed E-state index contributed by atoms with van der Waals surface area (Å²) < 4.78 is 5.51. The number of aromatic nitrogens is 1. The van der Waals surface area contributed by atoms with Gasteiger partial charge in [0.2, 0.25) is 5.88 Å². The molecule has 0 fully saturated rings. The van der Waals surface area contributed by atoms with Crippen LogP contribution in [-0.4, -0.2) is 9.91 Å². The van der Waals surface area contributed by atoms with E-state index in [0.717, 1.165) is 19.3 Å². The SMILES string of the molecule is CCCCc1ccc(Oc2cc([N+](=O)[O-])cc(N)n2)cc1. The van der Waals surface area contributed by atoms with E-state index < -0.39 is 4.92 Å². The van der Waals surface area contributed by atoms with Gasteiger partial charge in [0.1, 0.15) is 11.6 Å². The van der Waals surface area contributed by atoms with E-state index in [-0.39, 0.29) is 17.4 Å². The third kappa shape index (κ3) is 4.17. The molecule has 0 radical (unpaired) electrons. The second-order valence-corrected chi connectivity index (χ2v) is 4.70. The molecule has 0 aliphatic rings. The summed E-state index contributed by atoms with van der Waals surface area (Å²) in [5.41, 5.74) is 6.62. The second-order valence-electron chi connectivity index (χ2n) is 4.70. The quantitative estimate of drug-likeness (QED) is 0.646. The molecule has 1 heterocycles. The first-order chi connectivity index (χ1) is 10.1. The van der Waals surface area contributed by atoms with Crippen molar-refractivity contribution < 1.29 is 9.66 Å². The van der Waals surface area contributed by atoms with E-state index in [2.05, 4.69) is 11.9 Å². The second kappa shape index (κ2) is 6.69. The molecule has 21 heavy (non-hydrogen) atoms. The van der Waals surface area contributed by atoms with E-state index in [4.69, 9.17) is 10.5 Å². The van der Waals surface area contributed by atoms with Gasteiger partial charge in [0.25, 0.3) is 5.69 Å². The third-order valence-electron chi connectivity index (χ3n) is 2.98. The lowest BCUT2D eigenvalue weighted by Crippen LogP contribution is -1.97. The molecule has 0 unspecified atom stereocenters. The van der Waals surface area contributed by atoms with Crippen LogP contribution < -0.4 is 10.5 Å². The van der Waals surface area contributed by atoms with E-state index in [1.165, 1.54) is 17.7 Å². The molecule has 0 spiro atoms. The van der Waals surface area contributed by atoms with E-state index >= 15 is 0 Å². The zero-order chi connectivity index (χ0) is 15.2. The van der Waals surface area contributed by atoms with Crippen molar-refractivity contribution in [3.8, 4) is 11.6 Å². The Morgan fingerprint density at radius 1 is 1.29 bits per heavy atom. The minimum atomic E-state index is -0.529. The van der Waals surface area contributed by atoms with Crippen molar-refractivity contribution in [2.45, 2.75) is 26.2 Å². The van der Waals surface area contributed by atoms with Crippen molar-refractivity contribution >= 4 is 11.5 Å². The summed E-state index contributed by atoms with van der Waals surface area (Å²) in [6.07, 6.45) is 3.32. The van der Waals surface area contributed by atoms with Gasteiger partial charge in [0.15, 0.2) is 0 Å². The highest BCUT2D eigenvalue weighted by Gasteiger charge is 2.11. The van der Waals surface area contributed by atoms with Gasteiger partial charge in [0, 0.05) is 0 Å². The molecule has 1 aromatic heterocycles. The Hall–Kier alpha value is -2.63. The number of anilines is 1. The van der Waals surface area contributed by atoms with Crippen molar-refractivity contribution in [3.63, 3.8) is 0 Å². The molecule has 2 rings (SSSR count). The summed E-state index contributed by atoms with van der Waals surface area (Å²) in [4.78, 5) is 14.2.